The normalized spacial score (nSPS) is 10.8. The van der Waals surface area contributed by atoms with Crippen LogP contribution in [0.25, 0.3) is 16.7 Å². The van der Waals surface area contributed by atoms with Crippen molar-refractivity contribution in [3.8, 4) is 5.69 Å². The Morgan fingerprint density at radius 1 is 1.07 bits per heavy atom. The SMILES string of the molecule is CCCCCC(=O)NC(=S)Nc1cc2nn(-c3ccc(C)cc3)nc2cc1C. The van der Waals surface area contributed by atoms with E-state index in [1.165, 1.54) is 5.56 Å². The number of hydrogen-bond acceptors (Lipinski definition) is 4. The maximum atomic E-state index is 11.9. The number of aromatic nitrogens is 3. The Hall–Kier alpha value is -2.80. The molecule has 7 heteroatoms. The molecule has 0 aliphatic carbocycles. The van der Waals surface area contributed by atoms with E-state index < -0.39 is 0 Å². The van der Waals surface area contributed by atoms with Gasteiger partial charge in [0.1, 0.15) is 11.0 Å². The molecule has 0 atom stereocenters. The Balaban J connectivity index is 1.73. The maximum absolute atomic E-state index is 11.9. The number of hydrogen-bond donors (Lipinski definition) is 2. The van der Waals surface area contributed by atoms with Crippen molar-refractivity contribution in [1.82, 2.24) is 20.3 Å². The molecule has 0 aliphatic rings. The number of carbonyl (C=O) groups is 1. The fourth-order valence-corrected chi connectivity index (χ4v) is 3.10. The molecule has 1 aromatic heterocycles. The van der Waals surface area contributed by atoms with Crippen LogP contribution in [0.5, 0.6) is 0 Å². The van der Waals surface area contributed by atoms with Crippen molar-refractivity contribution >= 4 is 40.0 Å². The Morgan fingerprint density at radius 2 is 1.75 bits per heavy atom. The monoisotopic (exact) mass is 395 g/mol. The van der Waals surface area contributed by atoms with Crippen LogP contribution in [0.1, 0.15) is 43.7 Å². The highest BCUT2D eigenvalue weighted by Gasteiger charge is 2.11. The lowest BCUT2D eigenvalue weighted by Gasteiger charge is -2.11. The van der Waals surface area contributed by atoms with Gasteiger partial charge in [-0.2, -0.15) is 4.80 Å². The van der Waals surface area contributed by atoms with Gasteiger partial charge in [-0.1, -0.05) is 37.5 Å². The molecule has 0 fully saturated rings. The van der Waals surface area contributed by atoms with Crippen LogP contribution in [0.4, 0.5) is 5.69 Å². The summed E-state index contributed by atoms with van der Waals surface area (Å²) < 4.78 is 0. The molecule has 3 rings (SSSR count). The average Bonchev–Trinajstić information content (AvgIpc) is 3.05. The molecule has 0 saturated heterocycles. The van der Waals surface area contributed by atoms with E-state index in [4.69, 9.17) is 12.2 Å². The second-order valence-electron chi connectivity index (χ2n) is 6.94. The van der Waals surface area contributed by atoms with Crippen LogP contribution in [0.3, 0.4) is 0 Å². The summed E-state index contributed by atoms with van der Waals surface area (Å²) in [6.45, 7) is 6.12. The number of thiocarbonyl (C=S) groups is 1. The molecule has 0 radical (unpaired) electrons. The molecule has 0 aliphatic heterocycles. The summed E-state index contributed by atoms with van der Waals surface area (Å²) in [5.74, 6) is -0.0602. The molecule has 0 saturated carbocycles. The van der Waals surface area contributed by atoms with Crippen molar-refractivity contribution in [2.45, 2.75) is 46.5 Å². The zero-order valence-corrected chi connectivity index (χ0v) is 17.3. The second-order valence-corrected chi connectivity index (χ2v) is 7.35. The minimum absolute atomic E-state index is 0.0602. The van der Waals surface area contributed by atoms with E-state index in [-0.39, 0.29) is 5.91 Å². The minimum atomic E-state index is -0.0602. The predicted molar refractivity (Wildman–Crippen MR) is 117 cm³/mol. The summed E-state index contributed by atoms with van der Waals surface area (Å²) in [5, 5.41) is 15.3. The minimum Gasteiger partial charge on any atom is -0.332 e. The number of rotatable bonds is 6. The van der Waals surface area contributed by atoms with Gasteiger partial charge in [-0.15, -0.1) is 10.2 Å². The lowest BCUT2D eigenvalue weighted by Crippen LogP contribution is -2.34. The third-order valence-corrected chi connectivity index (χ3v) is 4.70. The summed E-state index contributed by atoms with van der Waals surface area (Å²) in [7, 11) is 0. The van der Waals surface area contributed by atoms with Gasteiger partial charge in [0.15, 0.2) is 5.11 Å². The van der Waals surface area contributed by atoms with Crippen LogP contribution in [0.15, 0.2) is 36.4 Å². The molecule has 0 unspecified atom stereocenters. The van der Waals surface area contributed by atoms with Crippen molar-refractivity contribution < 1.29 is 4.79 Å². The zero-order valence-electron chi connectivity index (χ0n) is 16.5. The second kappa shape index (κ2) is 8.93. The van der Waals surface area contributed by atoms with Gasteiger partial charge in [0.25, 0.3) is 0 Å². The van der Waals surface area contributed by atoms with E-state index in [1.54, 1.807) is 4.80 Å². The highest BCUT2D eigenvalue weighted by molar-refractivity contribution is 7.80. The van der Waals surface area contributed by atoms with Crippen LogP contribution >= 0.6 is 12.2 Å². The van der Waals surface area contributed by atoms with Crippen molar-refractivity contribution in [1.29, 1.82) is 0 Å². The molecule has 1 amide bonds. The van der Waals surface area contributed by atoms with Crippen LogP contribution in [-0.2, 0) is 4.79 Å². The van der Waals surface area contributed by atoms with Gasteiger partial charge in [-0.05, 0) is 62.3 Å². The fourth-order valence-electron chi connectivity index (χ4n) is 2.87. The van der Waals surface area contributed by atoms with E-state index in [0.717, 1.165) is 47.2 Å². The molecule has 28 heavy (non-hydrogen) atoms. The summed E-state index contributed by atoms with van der Waals surface area (Å²) >= 11 is 5.28. The number of amides is 1. The predicted octanol–water partition coefficient (Wildman–Crippen LogP) is 4.43. The first-order valence-corrected chi connectivity index (χ1v) is 9.92. The van der Waals surface area contributed by atoms with Gasteiger partial charge in [0.2, 0.25) is 5.91 Å². The number of unbranched alkanes of at least 4 members (excludes halogenated alkanes) is 2. The van der Waals surface area contributed by atoms with E-state index in [1.807, 2.05) is 50.2 Å². The summed E-state index contributed by atoms with van der Waals surface area (Å²) in [6, 6.07) is 11.9. The number of nitrogens with zero attached hydrogens (tertiary/aromatic N) is 3. The standard InChI is InChI=1S/C21H25N5OS/c1-4-5-6-7-20(27)23-21(28)22-17-13-19-18(12-15(17)3)24-26(25-19)16-10-8-14(2)9-11-16/h8-13H,4-7H2,1-3H3,(H2,22,23,27,28). The Kier molecular flexibility index (Phi) is 6.36. The molecular weight excluding hydrogens is 370 g/mol. The van der Waals surface area contributed by atoms with Crippen LogP contribution in [0, 0.1) is 13.8 Å². The number of fused-ring (bicyclic) bond motifs is 1. The Bertz CT molecular complexity index is 994. The molecule has 0 bridgehead atoms. The van der Waals surface area contributed by atoms with E-state index in [2.05, 4.69) is 27.8 Å². The first-order valence-electron chi connectivity index (χ1n) is 9.52. The van der Waals surface area contributed by atoms with Gasteiger partial charge in [-0.25, -0.2) is 0 Å². The van der Waals surface area contributed by atoms with Gasteiger partial charge in [0, 0.05) is 12.1 Å². The quantitative estimate of drug-likeness (QED) is 0.477. The average molecular weight is 396 g/mol. The van der Waals surface area contributed by atoms with Crippen molar-refractivity contribution in [2.75, 3.05) is 5.32 Å². The highest BCUT2D eigenvalue weighted by Crippen LogP contribution is 2.22. The first-order chi connectivity index (χ1) is 13.5. The molecule has 3 aromatic rings. The number of anilines is 1. The number of benzene rings is 2. The fraction of sp³-hybridized carbons (Fsp3) is 0.333. The van der Waals surface area contributed by atoms with Gasteiger partial charge in [-0.3, -0.25) is 4.79 Å². The molecule has 2 N–H and O–H groups in total. The number of carbonyl (C=O) groups excluding carboxylic acids is 1. The number of nitrogens with one attached hydrogen (secondary N) is 2. The van der Waals surface area contributed by atoms with Gasteiger partial charge >= 0.3 is 0 Å². The van der Waals surface area contributed by atoms with Crippen molar-refractivity contribution in [2.24, 2.45) is 0 Å². The lowest BCUT2D eigenvalue weighted by atomic mass is 10.2. The van der Waals surface area contributed by atoms with E-state index >= 15 is 0 Å². The van der Waals surface area contributed by atoms with Gasteiger partial charge < -0.3 is 10.6 Å². The summed E-state index contributed by atoms with van der Waals surface area (Å²) in [4.78, 5) is 13.6. The smallest absolute Gasteiger partial charge is 0.226 e. The number of aryl methyl sites for hydroxylation is 2. The summed E-state index contributed by atoms with van der Waals surface area (Å²) in [6.07, 6.45) is 3.48. The third-order valence-electron chi connectivity index (χ3n) is 4.50. The van der Waals surface area contributed by atoms with Crippen molar-refractivity contribution in [3.05, 3.63) is 47.5 Å². The molecule has 6 nitrogen and oxygen atoms in total. The molecule has 2 aromatic carbocycles. The van der Waals surface area contributed by atoms with Crippen LogP contribution < -0.4 is 10.6 Å². The molecular formula is C21H25N5OS. The molecule has 1 heterocycles. The van der Waals surface area contributed by atoms with E-state index in [9.17, 15) is 4.79 Å². The van der Waals surface area contributed by atoms with Gasteiger partial charge in [0.05, 0.1) is 5.69 Å². The van der Waals surface area contributed by atoms with E-state index in [0.29, 0.717) is 11.5 Å². The Morgan fingerprint density at radius 3 is 2.43 bits per heavy atom. The summed E-state index contributed by atoms with van der Waals surface area (Å²) in [5.41, 5.74) is 5.44. The van der Waals surface area contributed by atoms with Crippen LogP contribution in [0.2, 0.25) is 0 Å². The largest absolute Gasteiger partial charge is 0.332 e. The Labute approximate surface area is 170 Å². The topological polar surface area (TPSA) is 71.8 Å². The first kappa shape index (κ1) is 19.9. The lowest BCUT2D eigenvalue weighted by molar-refractivity contribution is -0.119. The molecule has 0 spiro atoms. The zero-order chi connectivity index (χ0) is 20.1. The highest BCUT2D eigenvalue weighted by atomic mass is 32.1. The van der Waals surface area contributed by atoms with Crippen molar-refractivity contribution in [3.63, 3.8) is 0 Å². The molecule has 146 valence electrons. The maximum Gasteiger partial charge on any atom is 0.226 e. The van der Waals surface area contributed by atoms with Crippen LogP contribution in [-0.4, -0.2) is 26.0 Å². The third kappa shape index (κ3) is 4.92.